The van der Waals surface area contributed by atoms with Gasteiger partial charge in [0, 0.05) is 30.1 Å². The highest BCUT2D eigenvalue weighted by atomic mass is 35.5. The third-order valence-electron chi connectivity index (χ3n) is 4.55. The van der Waals surface area contributed by atoms with Crippen LogP contribution in [0.2, 0.25) is 5.02 Å². The van der Waals surface area contributed by atoms with E-state index in [9.17, 15) is 9.59 Å². The summed E-state index contributed by atoms with van der Waals surface area (Å²) in [5.41, 5.74) is 2.51. The van der Waals surface area contributed by atoms with Gasteiger partial charge in [0.1, 0.15) is 12.4 Å². The molecule has 1 heterocycles. The number of benzene rings is 2. The fourth-order valence-electron chi connectivity index (χ4n) is 2.90. The molecule has 0 aliphatic carbocycles. The highest BCUT2D eigenvalue weighted by Gasteiger charge is 2.11. The number of nitrogens with one attached hydrogen (secondary N) is 1. The van der Waals surface area contributed by atoms with Crippen LogP contribution in [0.1, 0.15) is 21.5 Å². The molecule has 0 aliphatic heterocycles. The Bertz CT molecular complexity index is 1090. The first-order valence-corrected chi connectivity index (χ1v) is 9.83. The average molecular weight is 427 g/mol. The lowest BCUT2D eigenvalue weighted by Gasteiger charge is -2.13. The van der Waals surface area contributed by atoms with Crippen LogP contribution >= 0.6 is 11.6 Å². The van der Waals surface area contributed by atoms with Crippen LogP contribution in [0.4, 0.5) is 5.69 Å². The molecule has 0 aliphatic rings. The summed E-state index contributed by atoms with van der Waals surface area (Å²) < 4.78 is 12.0. The van der Waals surface area contributed by atoms with E-state index in [-0.39, 0.29) is 18.0 Å². The minimum Gasteiger partial charge on any atom is -0.491 e. The lowest BCUT2D eigenvalue weighted by Crippen LogP contribution is -2.22. The molecule has 0 fully saturated rings. The Hall–Kier alpha value is -3.09. The molecule has 0 spiro atoms. The molecule has 1 N–H and O–H groups in total. The number of carbonyl (C=O) groups is 1. The number of hydrogen-bond acceptors (Lipinski definition) is 4. The third-order valence-corrected chi connectivity index (χ3v) is 4.92. The molecule has 3 rings (SSSR count). The molecule has 1 aromatic heterocycles. The largest absolute Gasteiger partial charge is 0.491 e. The van der Waals surface area contributed by atoms with Gasteiger partial charge in [0.05, 0.1) is 18.7 Å². The Morgan fingerprint density at radius 3 is 2.63 bits per heavy atom. The molecule has 0 atom stereocenters. The molecule has 2 aromatic carbocycles. The van der Waals surface area contributed by atoms with Gasteiger partial charge in [0.2, 0.25) is 0 Å². The van der Waals surface area contributed by atoms with E-state index in [1.807, 2.05) is 31.2 Å². The highest BCUT2D eigenvalue weighted by Crippen LogP contribution is 2.22. The van der Waals surface area contributed by atoms with Gasteiger partial charge >= 0.3 is 0 Å². The zero-order valence-corrected chi connectivity index (χ0v) is 17.6. The smallest absolute Gasteiger partial charge is 0.257 e. The second kappa shape index (κ2) is 10.1. The second-order valence-electron chi connectivity index (χ2n) is 6.75. The fourth-order valence-corrected chi connectivity index (χ4v) is 3.10. The Morgan fingerprint density at radius 1 is 1.10 bits per heavy atom. The van der Waals surface area contributed by atoms with Gasteiger partial charge in [-0.05, 0) is 48.4 Å². The molecular formula is C23H23ClN2O4. The van der Waals surface area contributed by atoms with Crippen LogP contribution in [0.15, 0.2) is 65.6 Å². The molecule has 1 amide bonds. The lowest BCUT2D eigenvalue weighted by molar-refractivity contribution is 0.102. The molecule has 156 valence electrons. The van der Waals surface area contributed by atoms with E-state index in [0.717, 1.165) is 11.1 Å². The molecule has 0 saturated heterocycles. The molecule has 0 bridgehead atoms. The van der Waals surface area contributed by atoms with Crippen molar-refractivity contribution in [2.24, 2.45) is 0 Å². The average Bonchev–Trinajstić information content (AvgIpc) is 2.73. The molecule has 0 unspecified atom stereocenters. The van der Waals surface area contributed by atoms with Crippen LogP contribution in [0.25, 0.3) is 0 Å². The van der Waals surface area contributed by atoms with Crippen molar-refractivity contribution in [3.05, 3.63) is 92.9 Å². The first-order chi connectivity index (χ1) is 14.5. The number of halogens is 1. The summed E-state index contributed by atoms with van der Waals surface area (Å²) in [6.45, 7) is 3.12. The van der Waals surface area contributed by atoms with Crippen LogP contribution in [-0.4, -0.2) is 30.8 Å². The van der Waals surface area contributed by atoms with Crippen molar-refractivity contribution in [2.45, 2.75) is 13.5 Å². The maximum atomic E-state index is 12.7. The molecule has 0 saturated carbocycles. The minimum absolute atomic E-state index is 0.208. The summed E-state index contributed by atoms with van der Waals surface area (Å²) in [4.78, 5) is 25.0. The number of carbonyl (C=O) groups excluding carboxylic acids is 1. The number of pyridine rings is 1. The standard InChI is InChI=1S/C23H23ClN2O4/c1-16-13-19(30-12-11-29-2)8-9-21(16)25-23(28)18-7-10-22(27)26(15-18)14-17-5-3-4-6-20(17)24/h3-10,13,15H,11-12,14H2,1-2H3,(H,25,28). The normalized spacial score (nSPS) is 10.6. The number of nitrogens with zero attached hydrogens (tertiary/aromatic N) is 1. The molecule has 6 nitrogen and oxygen atoms in total. The number of anilines is 1. The van der Waals surface area contributed by atoms with E-state index in [1.165, 1.54) is 16.7 Å². The van der Waals surface area contributed by atoms with Gasteiger partial charge in [-0.1, -0.05) is 29.8 Å². The van der Waals surface area contributed by atoms with Crippen molar-refractivity contribution in [3.8, 4) is 5.75 Å². The van der Waals surface area contributed by atoms with E-state index in [4.69, 9.17) is 21.1 Å². The summed E-state index contributed by atoms with van der Waals surface area (Å²) in [5, 5.41) is 3.45. The molecule has 30 heavy (non-hydrogen) atoms. The van der Waals surface area contributed by atoms with Gasteiger partial charge in [0.25, 0.3) is 11.5 Å². The minimum atomic E-state index is -0.306. The Balaban J connectivity index is 1.74. The maximum absolute atomic E-state index is 12.7. The zero-order chi connectivity index (χ0) is 21.5. The Labute approximate surface area is 180 Å². The maximum Gasteiger partial charge on any atom is 0.257 e. The topological polar surface area (TPSA) is 69.6 Å². The number of methoxy groups -OCH3 is 1. The summed E-state index contributed by atoms with van der Waals surface area (Å²) in [6, 6.07) is 15.6. The zero-order valence-electron chi connectivity index (χ0n) is 16.9. The Kier molecular flexibility index (Phi) is 7.27. The monoisotopic (exact) mass is 426 g/mol. The molecule has 3 aromatic rings. The van der Waals surface area contributed by atoms with Crippen LogP contribution in [0, 0.1) is 6.92 Å². The molecular weight excluding hydrogens is 404 g/mol. The highest BCUT2D eigenvalue weighted by molar-refractivity contribution is 6.31. The van der Waals surface area contributed by atoms with E-state index in [1.54, 1.807) is 31.5 Å². The first-order valence-electron chi connectivity index (χ1n) is 9.45. The van der Waals surface area contributed by atoms with Gasteiger partial charge in [-0.2, -0.15) is 0 Å². The van der Waals surface area contributed by atoms with Crippen LogP contribution in [0.3, 0.4) is 0 Å². The summed E-state index contributed by atoms with van der Waals surface area (Å²) in [6.07, 6.45) is 1.54. The van der Waals surface area contributed by atoms with E-state index >= 15 is 0 Å². The van der Waals surface area contributed by atoms with Crippen molar-refractivity contribution in [1.29, 1.82) is 0 Å². The van der Waals surface area contributed by atoms with E-state index in [2.05, 4.69) is 5.32 Å². The van der Waals surface area contributed by atoms with Gasteiger partial charge in [-0.15, -0.1) is 0 Å². The van der Waals surface area contributed by atoms with Crippen LogP contribution < -0.4 is 15.6 Å². The number of ether oxygens (including phenoxy) is 2. The van der Waals surface area contributed by atoms with Gasteiger partial charge in [-0.3, -0.25) is 9.59 Å². The van der Waals surface area contributed by atoms with Crippen molar-refractivity contribution < 1.29 is 14.3 Å². The van der Waals surface area contributed by atoms with Crippen LogP contribution in [-0.2, 0) is 11.3 Å². The second-order valence-corrected chi connectivity index (χ2v) is 7.15. The fraction of sp³-hybridized carbons (Fsp3) is 0.217. The van der Waals surface area contributed by atoms with Crippen molar-refractivity contribution in [2.75, 3.05) is 25.6 Å². The third kappa shape index (κ3) is 5.49. The predicted molar refractivity (Wildman–Crippen MR) is 118 cm³/mol. The van der Waals surface area contributed by atoms with Crippen molar-refractivity contribution >= 4 is 23.2 Å². The number of aromatic nitrogens is 1. The van der Waals surface area contributed by atoms with Crippen LogP contribution in [0.5, 0.6) is 5.75 Å². The quantitative estimate of drug-likeness (QED) is 0.550. The molecule has 7 heteroatoms. The number of amides is 1. The molecule has 0 radical (unpaired) electrons. The van der Waals surface area contributed by atoms with Crippen molar-refractivity contribution in [3.63, 3.8) is 0 Å². The number of aryl methyl sites for hydroxylation is 1. The number of rotatable bonds is 8. The number of hydrogen-bond donors (Lipinski definition) is 1. The Morgan fingerprint density at radius 2 is 1.90 bits per heavy atom. The summed E-state index contributed by atoms with van der Waals surface area (Å²) in [7, 11) is 1.62. The SMILES string of the molecule is COCCOc1ccc(NC(=O)c2ccc(=O)n(Cc3ccccc3Cl)c2)c(C)c1. The van der Waals surface area contributed by atoms with Gasteiger partial charge in [-0.25, -0.2) is 0 Å². The summed E-state index contributed by atoms with van der Waals surface area (Å²) in [5.74, 6) is 0.398. The van der Waals surface area contributed by atoms with Gasteiger partial charge < -0.3 is 19.4 Å². The predicted octanol–water partition coefficient (Wildman–Crippen LogP) is 4.14. The van der Waals surface area contributed by atoms with E-state index in [0.29, 0.717) is 35.2 Å². The van der Waals surface area contributed by atoms with Gasteiger partial charge in [0.15, 0.2) is 0 Å². The van der Waals surface area contributed by atoms with E-state index < -0.39 is 0 Å². The lowest BCUT2D eigenvalue weighted by atomic mass is 10.1. The summed E-state index contributed by atoms with van der Waals surface area (Å²) >= 11 is 6.19. The first kappa shape index (κ1) is 21.6. The van der Waals surface area contributed by atoms with Crippen molar-refractivity contribution in [1.82, 2.24) is 4.57 Å².